The minimum absolute atomic E-state index is 0.0457. The molecule has 3 rings (SSSR count). The number of carbonyl (C=O) groups excluding carboxylic acids is 1. The van der Waals surface area contributed by atoms with E-state index in [1.54, 1.807) is 11.8 Å². The highest BCUT2D eigenvalue weighted by atomic mass is 32.2. The molecule has 0 saturated carbocycles. The molecule has 0 aliphatic carbocycles. The van der Waals surface area contributed by atoms with Crippen molar-refractivity contribution in [2.45, 2.75) is 31.8 Å². The van der Waals surface area contributed by atoms with E-state index in [0.717, 1.165) is 10.5 Å². The Kier molecular flexibility index (Phi) is 5.18. The Hall–Kier alpha value is -2.61. The Bertz CT molecular complexity index is 907. The topological polar surface area (TPSA) is 110 Å². The van der Waals surface area contributed by atoms with Gasteiger partial charge in [-0.25, -0.2) is 4.98 Å². The van der Waals surface area contributed by atoms with E-state index >= 15 is 0 Å². The van der Waals surface area contributed by atoms with E-state index in [9.17, 15) is 4.79 Å². The van der Waals surface area contributed by atoms with Crippen LogP contribution in [-0.2, 0) is 11.3 Å². The normalized spacial score (nSPS) is 11.0. The number of aromatic nitrogens is 4. The van der Waals surface area contributed by atoms with Gasteiger partial charge in [-0.3, -0.25) is 9.89 Å². The summed E-state index contributed by atoms with van der Waals surface area (Å²) in [7, 11) is 0. The first-order valence-corrected chi connectivity index (χ1v) is 8.94. The van der Waals surface area contributed by atoms with Crippen molar-refractivity contribution >= 4 is 34.5 Å². The fraction of sp³-hybridized carbons (Fsp3) is 0.294. The summed E-state index contributed by atoms with van der Waals surface area (Å²) in [6.07, 6.45) is 0.404. The number of rotatable bonds is 6. The van der Waals surface area contributed by atoms with Gasteiger partial charge in [0, 0.05) is 17.6 Å². The maximum Gasteiger partial charge on any atom is 0.239 e. The van der Waals surface area contributed by atoms with Crippen LogP contribution in [0.5, 0.6) is 0 Å². The predicted molar refractivity (Wildman–Crippen MR) is 99.2 cm³/mol. The minimum atomic E-state index is -0.0457. The number of thioether (sulfide) groups is 1. The number of nitrogens with two attached hydrogens (primary N) is 1. The van der Waals surface area contributed by atoms with Gasteiger partial charge < -0.3 is 11.1 Å². The van der Waals surface area contributed by atoms with Crippen LogP contribution >= 0.6 is 11.8 Å². The lowest BCUT2D eigenvalue weighted by atomic mass is 10.1. The Morgan fingerprint density at radius 2 is 2.12 bits per heavy atom. The van der Waals surface area contributed by atoms with Crippen molar-refractivity contribution in [3.63, 3.8) is 0 Å². The Morgan fingerprint density at radius 3 is 2.88 bits per heavy atom. The first-order chi connectivity index (χ1) is 12.0. The largest absolute Gasteiger partial charge is 0.367 e. The molecule has 0 aliphatic rings. The van der Waals surface area contributed by atoms with Crippen molar-refractivity contribution in [1.29, 1.82) is 0 Å². The number of nitrogens with zero attached hydrogens (tertiary/aromatic N) is 3. The van der Waals surface area contributed by atoms with Crippen LogP contribution in [0.15, 0.2) is 29.3 Å². The van der Waals surface area contributed by atoms with Gasteiger partial charge in [-0.1, -0.05) is 11.6 Å². The molecule has 1 amide bonds. The summed E-state index contributed by atoms with van der Waals surface area (Å²) in [6.45, 7) is 4.46. The number of nitrogens with one attached hydrogen (secondary N) is 2. The molecule has 3 aromatic rings. The molecule has 4 N–H and O–H groups in total. The molecule has 0 spiro atoms. The number of amides is 1. The third-order valence-corrected chi connectivity index (χ3v) is 4.64. The van der Waals surface area contributed by atoms with Crippen molar-refractivity contribution in [3.05, 3.63) is 41.2 Å². The number of aryl methyl sites for hydroxylation is 2. The molecule has 0 unspecified atom stereocenters. The average Bonchev–Trinajstić information content (AvgIpc) is 2.99. The fourth-order valence-electron chi connectivity index (χ4n) is 2.46. The lowest BCUT2D eigenvalue weighted by molar-refractivity contribution is -0.120. The molecule has 0 saturated heterocycles. The molecule has 0 aliphatic heterocycles. The molecule has 0 fully saturated rings. The second kappa shape index (κ2) is 7.52. The van der Waals surface area contributed by atoms with Gasteiger partial charge in [0.1, 0.15) is 5.82 Å². The number of H-pyrrole nitrogens is 1. The summed E-state index contributed by atoms with van der Waals surface area (Å²) >= 11 is 1.58. The zero-order valence-electron chi connectivity index (χ0n) is 14.2. The van der Waals surface area contributed by atoms with Crippen LogP contribution in [0.2, 0.25) is 0 Å². The molecule has 0 atom stereocenters. The zero-order chi connectivity index (χ0) is 17.8. The van der Waals surface area contributed by atoms with Crippen molar-refractivity contribution in [2.24, 2.45) is 0 Å². The number of carbonyl (C=O) groups is 1. The Morgan fingerprint density at radius 1 is 1.28 bits per heavy atom. The lowest BCUT2D eigenvalue weighted by Gasteiger charge is -2.07. The third kappa shape index (κ3) is 4.48. The van der Waals surface area contributed by atoms with Crippen LogP contribution in [-0.4, -0.2) is 31.8 Å². The highest BCUT2D eigenvalue weighted by Crippen LogP contribution is 2.24. The average molecular weight is 356 g/mol. The number of aromatic amines is 1. The highest BCUT2D eigenvalue weighted by molar-refractivity contribution is 7.99. The van der Waals surface area contributed by atoms with Gasteiger partial charge in [0.2, 0.25) is 11.9 Å². The number of hydrogen-bond donors (Lipinski definition) is 3. The van der Waals surface area contributed by atoms with E-state index in [4.69, 9.17) is 5.73 Å². The number of anilines is 1. The first-order valence-electron chi connectivity index (χ1n) is 7.95. The fourth-order valence-corrected chi connectivity index (χ4v) is 3.38. The summed E-state index contributed by atoms with van der Waals surface area (Å²) in [5.41, 5.74) is 8.82. The van der Waals surface area contributed by atoms with E-state index in [1.807, 2.05) is 6.07 Å². The second-order valence-corrected chi connectivity index (χ2v) is 6.93. The van der Waals surface area contributed by atoms with Gasteiger partial charge in [-0.05, 0) is 37.6 Å². The minimum Gasteiger partial charge on any atom is -0.367 e. The van der Waals surface area contributed by atoms with E-state index < -0.39 is 0 Å². The quantitative estimate of drug-likeness (QED) is 0.585. The summed E-state index contributed by atoms with van der Waals surface area (Å²) in [4.78, 5) is 20.5. The molecule has 8 heteroatoms. The SMILES string of the molecule is Cc1ccc2nc(SCCC(=O)NCc3nc(N)n[nH]3)cc(C)c2c1. The smallest absolute Gasteiger partial charge is 0.239 e. The number of pyridine rings is 1. The monoisotopic (exact) mass is 356 g/mol. The van der Waals surface area contributed by atoms with Crippen molar-refractivity contribution < 1.29 is 4.79 Å². The van der Waals surface area contributed by atoms with E-state index in [1.165, 1.54) is 16.5 Å². The van der Waals surface area contributed by atoms with Gasteiger partial charge in [0.15, 0.2) is 0 Å². The van der Waals surface area contributed by atoms with Gasteiger partial charge in [-0.2, -0.15) is 4.98 Å². The van der Waals surface area contributed by atoms with Crippen LogP contribution in [0.3, 0.4) is 0 Å². The third-order valence-electron chi connectivity index (χ3n) is 3.73. The summed E-state index contributed by atoms with van der Waals surface area (Å²) in [5, 5.41) is 11.3. The van der Waals surface area contributed by atoms with Gasteiger partial charge in [0.25, 0.3) is 0 Å². The van der Waals surface area contributed by atoms with Crippen LogP contribution in [0, 0.1) is 13.8 Å². The number of benzene rings is 1. The van der Waals surface area contributed by atoms with Crippen LogP contribution in [0.1, 0.15) is 23.4 Å². The number of hydrogen-bond acceptors (Lipinski definition) is 6. The maximum absolute atomic E-state index is 11.9. The molecular weight excluding hydrogens is 336 g/mol. The molecular formula is C17H20N6OS. The lowest BCUT2D eigenvalue weighted by Crippen LogP contribution is -2.23. The Balaban J connectivity index is 1.52. The molecule has 2 heterocycles. The van der Waals surface area contributed by atoms with Gasteiger partial charge >= 0.3 is 0 Å². The summed E-state index contributed by atoms with van der Waals surface area (Å²) in [6, 6.07) is 8.32. The molecule has 1 aromatic carbocycles. The highest BCUT2D eigenvalue weighted by Gasteiger charge is 2.07. The van der Waals surface area contributed by atoms with Crippen LogP contribution in [0.4, 0.5) is 5.95 Å². The molecule has 0 bridgehead atoms. The summed E-state index contributed by atoms with van der Waals surface area (Å²) < 4.78 is 0. The molecule has 0 radical (unpaired) electrons. The molecule has 7 nitrogen and oxygen atoms in total. The number of nitrogen functional groups attached to an aromatic ring is 1. The van der Waals surface area contributed by atoms with Crippen molar-refractivity contribution in [3.8, 4) is 0 Å². The summed E-state index contributed by atoms with van der Waals surface area (Å²) in [5.74, 6) is 1.33. The standard InChI is InChI=1S/C17H20N6OS/c1-10-3-4-13-12(7-10)11(2)8-16(20-13)25-6-5-15(24)19-9-14-21-17(18)23-22-14/h3-4,7-8H,5-6,9H2,1-2H3,(H,19,24)(H3,18,21,22,23). The Labute approximate surface area is 149 Å². The van der Waals surface area contributed by atoms with Crippen molar-refractivity contribution in [1.82, 2.24) is 25.5 Å². The first kappa shape index (κ1) is 17.2. The second-order valence-electron chi connectivity index (χ2n) is 5.81. The van der Waals surface area contributed by atoms with Crippen molar-refractivity contribution in [2.75, 3.05) is 11.5 Å². The van der Waals surface area contributed by atoms with Gasteiger partial charge in [0.05, 0.1) is 17.1 Å². The van der Waals surface area contributed by atoms with E-state index in [-0.39, 0.29) is 11.9 Å². The van der Waals surface area contributed by atoms with Gasteiger partial charge in [-0.15, -0.1) is 16.9 Å². The predicted octanol–water partition coefficient (Wildman–Crippen LogP) is 2.35. The molecule has 130 valence electrons. The molecule has 25 heavy (non-hydrogen) atoms. The van der Waals surface area contributed by atoms with E-state index in [0.29, 0.717) is 24.5 Å². The number of fused-ring (bicyclic) bond motifs is 1. The molecule has 2 aromatic heterocycles. The van der Waals surface area contributed by atoms with E-state index in [2.05, 4.69) is 57.5 Å². The van der Waals surface area contributed by atoms with Crippen LogP contribution < -0.4 is 11.1 Å². The van der Waals surface area contributed by atoms with Crippen LogP contribution in [0.25, 0.3) is 10.9 Å². The maximum atomic E-state index is 11.9. The zero-order valence-corrected chi connectivity index (χ0v) is 15.0.